The molecule has 0 spiro atoms. The third-order valence-electron chi connectivity index (χ3n) is 2.22. The van der Waals surface area contributed by atoms with Crippen molar-refractivity contribution < 1.29 is 4.79 Å². The molecule has 3 N–H and O–H groups in total. The average Bonchev–Trinajstić information content (AvgIpc) is 2.50. The maximum atomic E-state index is 11.6. The number of nitrogens with zero attached hydrogens (tertiary/aromatic N) is 3. The van der Waals surface area contributed by atoms with Crippen LogP contribution in [0.2, 0.25) is 0 Å². The number of nitrogens with one attached hydrogen (secondary N) is 1. The van der Waals surface area contributed by atoms with Gasteiger partial charge < -0.3 is 11.1 Å². The molecule has 0 saturated carbocycles. The molecule has 0 atom stereocenters. The third kappa shape index (κ3) is 3.57. The highest BCUT2D eigenvalue weighted by molar-refractivity contribution is 5.76. The highest BCUT2D eigenvalue weighted by Gasteiger charge is 2.17. The van der Waals surface area contributed by atoms with Crippen LogP contribution in [0.3, 0.4) is 0 Å². The van der Waals surface area contributed by atoms with Gasteiger partial charge in [-0.25, -0.2) is 9.67 Å². The van der Waals surface area contributed by atoms with Crippen LogP contribution in [0.15, 0.2) is 6.33 Å². The third-order valence-corrected chi connectivity index (χ3v) is 2.22. The summed E-state index contributed by atoms with van der Waals surface area (Å²) in [5.41, 5.74) is 5.14. The van der Waals surface area contributed by atoms with Gasteiger partial charge in [0.1, 0.15) is 12.9 Å². The predicted octanol–water partition coefficient (Wildman–Crippen LogP) is 0.165. The molecule has 1 rings (SSSR count). The molecule has 0 unspecified atom stereocenters. The van der Waals surface area contributed by atoms with Crippen LogP contribution < -0.4 is 11.1 Å². The van der Waals surface area contributed by atoms with Crippen LogP contribution in [0.4, 0.5) is 5.95 Å². The van der Waals surface area contributed by atoms with Crippen molar-refractivity contribution >= 4 is 11.9 Å². The summed E-state index contributed by atoms with van der Waals surface area (Å²) in [5.74, 6) is 0.0873. The van der Waals surface area contributed by atoms with Gasteiger partial charge in [0, 0.05) is 5.54 Å². The largest absolute Gasteiger partial charge is 0.367 e. The fourth-order valence-corrected chi connectivity index (χ4v) is 1.04. The first-order chi connectivity index (χ1) is 6.93. The number of hydrogen-bond donors (Lipinski definition) is 2. The molecule has 6 nitrogen and oxygen atoms in total. The van der Waals surface area contributed by atoms with Crippen molar-refractivity contribution in [3.05, 3.63) is 6.33 Å². The van der Waals surface area contributed by atoms with E-state index >= 15 is 0 Å². The molecule has 0 saturated heterocycles. The summed E-state index contributed by atoms with van der Waals surface area (Å²) < 4.78 is 1.41. The quantitative estimate of drug-likeness (QED) is 0.743. The molecule has 0 aliphatic rings. The zero-order valence-corrected chi connectivity index (χ0v) is 9.32. The van der Waals surface area contributed by atoms with Gasteiger partial charge in [-0.05, 0) is 20.3 Å². The van der Waals surface area contributed by atoms with E-state index in [9.17, 15) is 4.79 Å². The summed E-state index contributed by atoms with van der Waals surface area (Å²) >= 11 is 0. The normalized spacial score (nSPS) is 11.4. The van der Waals surface area contributed by atoms with Crippen molar-refractivity contribution in [2.45, 2.75) is 39.3 Å². The van der Waals surface area contributed by atoms with Gasteiger partial charge in [-0.15, -0.1) is 5.10 Å². The van der Waals surface area contributed by atoms with Crippen LogP contribution in [0, 0.1) is 0 Å². The van der Waals surface area contributed by atoms with E-state index in [2.05, 4.69) is 15.4 Å². The minimum absolute atomic E-state index is 0.0910. The molecule has 15 heavy (non-hydrogen) atoms. The van der Waals surface area contributed by atoms with E-state index in [0.717, 1.165) is 6.42 Å². The maximum Gasteiger partial charge on any atom is 0.242 e. The Kier molecular flexibility index (Phi) is 3.28. The second-order valence-corrected chi connectivity index (χ2v) is 4.09. The van der Waals surface area contributed by atoms with Gasteiger partial charge in [-0.2, -0.15) is 0 Å². The van der Waals surface area contributed by atoms with Crippen LogP contribution in [-0.2, 0) is 11.3 Å². The zero-order chi connectivity index (χ0) is 11.5. The second kappa shape index (κ2) is 4.29. The monoisotopic (exact) mass is 211 g/mol. The number of nitrogens with two attached hydrogens (primary N) is 1. The summed E-state index contributed by atoms with van der Waals surface area (Å²) in [6, 6.07) is 0. The molecule has 0 aliphatic carbocycles. The molecule has 1 heterocycles. The Morgan fingerprint density at radius 1 is 1.67 bits per heavy atom. The smallest absolute Gasteiger partial charge is 0.242 e. The fourth-order valence-electron chi connectivity index (χ4n) is 1.04. The lowest BCUT2D eigenvalue weighted by atomic mass is 10.0. The molecule has 1 amide bonds. The minimum Gasteiger partial charge on any atom is -0.367 e. The number of amides is 1. The molecular weight excluding hydrogens is 194 g/mol. The van der Waals surface area contributed by atoms with Gasteiger partial charge in [-0.1, -0.05) is 6.92 Å². The maximum absolute atomic E-state index is 11.6. The molecular formula is C9H17N5O. The lowest BCUT2D eigenvalue weighted by Crippen LogP contribution is -2.44. The number of aromatic nitrogens is 3. The van der Waals surface area contributed by atoms with Crippen molar-refractivity contribution in [1.29, 1.82) is 0 Å². The Morgan fingerprint density at radius 2 is 2.33 bits per heavy atom. The summed E-state index contributed by atoms with van der Waals surface area (Å²) in [7, 11) is 0. The Bertz CT molecular complexity index is 344. The number of nitrogen functional groups attached to an aromatic ring is 1. The van der Waals surface area contributed by atoms with Gasteiger partial charge in [0.25, 0.3) is 0 Å². The first-order valence-electron chi connectivity index (χ1n) is 4.89. The van der Waals surface area contributed by atoms with Crippen LogP contribution >= 0.6 is 0 Å². The van der Waals surface area contributed by atoms with Gasteiger partial charge >= 0.3 is 0 Å². The van der Waals surface area contributed by atoms with Crippen LogP contribution in [0.25, 0.3) is 0 Å². The first-order valence-corrected chi connectivity index (χ1v) is 4.89. The number of rotatable bonds is 4. The van der Waals surface area contributed by atoms with Gasteiger partial charge in [0.05, 0.1) is 0 Å². The van der Waals surface area contributed by atoms with Crippen LogP contribution in [0.1, 0.15) is 27.2 Å². The van der Waals surface area contributed by atoms with Crippen LogP contribution in [0.5, 0.6) is 0 Å². The van der Waals surface area contributed by atoms with E-state index in [4.69, 9.17) is 5.73 Å². The highest BCUT2D eigenvalue weighted by atomic mass is 16.2. The predicted molar refractivity (Wildman–Crippen MR) is 56.9 cm³/mol. The lowest BCUT2D eigenvalue weighted by Gasteiger charge is -2.24. The molecule has 0 fully saturated rings. The van der Waals surface area contributed by atoms with Crippen molar-refractivity contribution in [3.8, 4) is 0 Å². The van der Waals surface area contributed by atoms with Gasteiger partial charge in [-0.3, -0.25) is 4.79 Å². The van der Waals surface area contributed by atoms with E-state index < -0.39 is 0 Å². The standard InChI is InChI=1S/C9H17N5O/c1-4-9(2,3)12-7(15)5-14-6-11-8(10)13-14/h6H,4-5H2,1-3H3,(H2,10,13)(H,12,15). The molecule has 0 radical (unpaired) electrons. The van der Waals surface area contributed by atoms with Gasteiger partial charge in [0.15, 0.2) is 0 Å². The number of carbonyl (C=O) groups is 1. The SMILES string of the molecule is CCC(C)(C)NC(=O)Cn1cnc(N)n1. The Balaban J connectivity index is 2.50. The fraction of sp³-hybridized carbons (Fsp3) is 0.667. The molecule has 1 aromatic rings. The Morgan fingerprint density at radius 3 is 2.80 bits per heavy atom. The summed E-state index contributed by atoms with van der Waals surface area (Å²) in [6.45, 7) is 6.11. The molecule has 1 aromatic heterocycles. The van der Waals surface area contributed by atoms with Crippen LogP contribution in [-0.4, -0.2) is 26.2 Å². The van der Waals surface area contributed by atoms with Crippen molar-refractivity contribution in [2.75, 3.05) is 5.73 Å². The van der Waals surface area contributed by atoms with E-state index in [-0.39, 0.29) is 23.9 Å². The van der Waals surface area contributed by atoms with Crippen molar-refractivity contribution in [1.82, 2.24) is 20.1 Å². The van der Waals surface area contributed by atoms with Gasteiger partial charge in [0.2, 0.25) is 11.9 Å². The minimum atomic E-state index is -0.191. The second-order valence-electron chi connectivity index (χ2n) is 4.09. The van der Waals surface area contributed by atoms with E-state index in [1.165, 1.54) is 11.0 Å². The van der Waals surface area contributed by atoms with Crippen molar-refractivity contribution in [2.24, 2.45) is 0 Å². The number of hydrogen-bond acceptors (Lipinski definition) is 4. The summed E-state index contributed by atoms with van der Waals surface area (Å²) in [6.07, 6.45) is 2.31. The van der Waals surface area contributed by atoms with E-state index in [0.29, 0.717) is 0 Å². The van der Waals surface area contributed by atoms with Crippen molar-refractivity contribution in [3.63, 3.8) is 0 Å². The average molecular weight is 211 g/mol. The summed E-state index contributed by atoms with van der Waals surface area (Å²) in [4.78, 5) is 15.3. The molecule has 0 bridgehead atoms. The Labute approximate surface area is 88.9 Å². The van der Waals surface area contributed by atoms with E-state index in [1.807, 2.05) is 20.8 Å². The molecule has 0 aliphatic heterocycles. The number of anilines is 1. The Hall–Kier alpha value is -1.59. The molecule has 0 aromatic carbocycles. The van der Waals surface area contributed by atoms with E-state index in [1.54, 1.807) is 0 Å². The summed E-state index contributed by atoms with van der Waals surface area (Å²) in [5, 5.41) is 6.72. The topological polar surface area (TPSA) is 85.8 Å². The molecule has 6 heteroatoms. The zero-order valence-electron chi connectivity index (χ0n) is 9.32. The highest BCUT2D eigenvalue weighted by Crippen LogP contribution is 2.06. The molecule has 84 valence electrons. The first kappa shape index (κ1) is 11.5. The lowest BCUT2D eigenvalue weighted by molar-refractivity contribution is -0.123. The number of carbonyl (C=O) groups excluding carboxylic acids is 1.